The average molecular weight is 449 g/mol. The number of likely N-dealkylation sites (tertiary alicyclic amines) is 1. The van der Waals surface area contributed by atoms with E-state index in [1.54, 1.807) is 19.2 Å². The largest absolute Gasteiger partial charge is 0.497 e. The topological polar surface area (TPSA) is 41.5 Å². The predicted octanol–water partition coefficient (Wildman–Crippen LogP) is 4.68. The standard InChI is InChI=1S/C27H33FN4O/c1-31(19-23-16-29-27(30-17-23)24-7-11-26(33-2)12-8-24)18-22-4-3-14-32(20-22)15-13-21-5-9-25(28)10-6-21/h5-12,16-17,22H,3-4,13-15,18-20H2,1-2H3/t22-/m0/s1. The van der Waals surface area contributed by atoms with Crippen LogP contribution in [0.1, 0.15) is 24.0 Å². The van der Waals surface area contributed by atoms with Crippen LogP contribution < -0.4 is 4.74 Å². The van der Waals surface area contributed by atoms with E-state index in [4.69, 9.17) is 4.74 Å². The molecule has 0 N–H and O–H groups in total. The van der Waals surface area contributed by atoms with Crippen LogP contribution in [0.25, 0.3) is 11.4 Å². The summed E-state index contributed by atoms with van der Waals surface area (Å²) in [6, 6.07) is 14.7. The molecular weight excluding hydrogens is 415 g/mol. The molecule has 1 aliphatic heterocycles. The van der Waals surface area contributed by atoms with Crippen molar-refractivity contribution in [2.24, 2.45) is 5.92 Å². The van der Waals surface area contributed by atoms with Gasteiger partial charge in [-0.25, -0.2) is 14.4 Å². The van der Waals surface area contributed by atoms with E-state index in [1.165, 1.54) is 18.4 Å². The summed E-state index contributed by atoms with van der Waals surface area (Å²) in [5.41, 5.74) is 3.31. The van der Waals surface area contributed by atoms with Crippen LogP contribution in [0.5, 0.6) is 5.75 Å². The van der Waals surface area contributed by atoms with Crippen LogP contribution in [0, 0.1) is 11.7 Å². The highest BCUT2D eigenvalue weighted by Gasteiger charge is 2.21. The van der Waals surface area contributed by atoms with E-state index in [9.17, 15) is 4.39 Å². The summed E-state index contributed by atoms with van der Waals surface area (Å²) in [5, 5.41) is 0. The van der Waals surface area contributed by atoms with Crippen molar-refractivity contribution in [1.29, 1.82) is 0 Å². The number of benzene rings is 2. The Morgan fingerprint density at radius 2 is 1.76 bits per heavy atom. The molecule has 0 saturated carbocycles. The fourth-order valence-electron chi connectivity index (χ4n) is 4.58. The molecule has 0 amide bonds. The molecule has 3 aromatic rings. The van der Waals surface area contributed by atoms with E-state index < -0.39 is 0 Å². The van der Waals surface area contributed by atoms with Crippen LogP contribution in [0.15, 0.2) is 60.9 Å². The summed E-state index contributed by atoms with van der Waals surface area (Å²) in [5.74, 6) is 2.05. The van der Waals surface area contributed by atoms with Crippen molar-refractivity contribution in [1.82, 2.24) is 19.8 Å². The average Bonchev–Trinajstić information content (AvgIpc) is 2.84. The Balaban J connectivity index is 1.24. The van der Waals surface area contributed by atoms with Gasteiger partial charge in [0.25, 0.3) is 0 Å². The second-order valence-corrected chi connectivity index (χ2v) is 9.03. The van der Waals surface area contributed by atoms with Crippen molar-refractivity contribution < 1.29 is 9.13 Å². The molecular formula is C27H33FN4O. The lowest BCUT2D eigenvalue weighted by Gasteiger charge is -2.34. The van der Waals surface area contributed by atoms with E-state index in [2.05, 4.69) is 26.8 Å². The van der Waals surface area contributed by atoms with E-state index >= 15 is 0 Å². The van der Waals surface area contributed by atoms with Gasteiger partial charge >= 0.3 is 0 Å². The number of hydrogen-bond acceptors (Lipinski definition) is 5. The third kappa shape index (κ3) is 6.83. The molecule has 0 aliphatic carbocycles. The molecule has 0 unspecified atom stereocenters. The first-order chi connectivity index (χ1) is 16.1. The molecule has 1 saturated heterocycles. The minimum atomic E-state index is -0.166. The summed E-state index contributed by atoms with van der Waals surface area (Å²) >= 11 is 0. The predicted molar refractivity (Wildman–Crippen MR) is 130 cm³/mol. The molecule has 1 fully saturated rings. The van der Waals surface area contributed by atoms with Gasteiger partial charge in [-0.1, -0.05) is 12.1 Å². The number of rotatable bonds is 9. The van der Waals surface area contributed by atoms with Gasteiger partial charge in [0.05, 0.1) is 7.11 Å². The maximum absolute atomic E-state index is 13.1. The molecule has 2 heterocycles. The Bertz CT molecular complexity index is 992. The quantitative estimate of drug-likeness (QED) is 0.476. The van der Waals surface area contributed by atoms with Crippen LogP contribution in [0.4, 0.5) is 4.39 Å². The normalized spacial score (nSPS) is 16.8. The number of halogens is 1. The lowest BCUT2D eigenvalue weighted by atomic mass is 9.97. The van der Waals surface area contributed by atoms with Crippen LogP contribution >= 0.6 is 0 Å². The van der Waals surface area contributed by atoms with Gasteiger partial charge in [0.2, 0.25) is 0 Å². The zero-order valence-corrected chi connectivity index (χ0v) is 19.6. The number of ether oxygens (including phenoxy) is 1. The minimum Gasteiger partial charge on any atom is -0.497 e. The number of methoxy groups -OCH3 is 1. The SMILES string of the molecule is COc1ccc(-c2ncc(CN(C)C[C@@H]3CCCN(CCc4ccc(F)cc4)C3)cn2)cc1. The molecule has 1 atom stereocenters. The van der Waals surface area contributed by atoms with Crippen LogP contribution in [0.2, 0.25) is 0 Å². The smallest absolute Gasteiger partial charge is 0.159 e. The third-order valence-corrected chi connectivity index (χ3v) is 6.31. The molecule has 0 bridgehead atoms. The first kappa shape index (κ1) is 23.3. The van der Waals surface area contributed by atoms with Crippen molar-refractivity contribution in [3.63, 3.8) is 0 Å². The van der Waals surface area contributed by atoms with Crippen LogP contribution in [0.3, 0.4) is 0 Å². The van der Waals surface area contributed by atoms with Gasteiger partial charge in [0.1, 0.15) is 11.6 Å². The summed E-state index contributed by atoms with van der Waals surface area (Å²) in [6.07, 6.45) is 7.34. The van der Waals surface area contributed by atoms with Crippen molar-refractivity contribution >= 4 is 0 Å². The van der Waals surface area contributed by atoms with Gasteiger partial charge in [-0.3, -0.25) is 0 Å². The maximum atomic E-state index is 13.1. The number of nitrogens with zero attached hydrogens (tertiary/aromatic N) is 4. The van der Waals surface area contributed by atoms with E-state index in [0.29, 0.717) is 5.92 Å². The first-order valence-electron chi connectivity index (χ1n) is 11.7. The highest BCUT2D eigenvalue weighted by Crippen LogP contribution is 2.20. The van der Waals surface area contributed by atoms with E-state index in [0.717, 1.165) is 61.8 Å². The zero-order chi connectivity index (χ0) is 23.0. The van der Waals surface area contributed by atoms with Crippen molar-refractivity contribution in [3.8, 4) is 17.1 Å². The fourth-order valence-corrected chi connectivity index (χ4v) is 4.58. The van der Waals surface area contributed by atoms with Gasteiger partial charge in [0.15, 0.2) is 5.82 Å². The molecule has 0 spiro atoms. The molecule has 5 nitrogen and oxygen atoms in total. The highest BCUT2D eigenvalue weighted by atomic mass is 19.1. The lowest BCUT2D eigenvalue weighted by Crippen LogP contribution is -2.40. The molecule has 2 aromatic carbocycles. The van der Waals surface area contributed by atoms with Gasteiger partial charge in [-0.2, -0.15) is 0 Å². The van der Waals surface area contributed by atoms with Crippen molar-refractivity contribution in [2.45, 2.75) is 25.8 Å². The van der Waals surface area contributed by atoms with E-state index in [-0.39, 0.29) is 5.82 Å². The van der Waals surface area contributed by atoms with Crippen LogP contribution in [-0.4, -0.2) is 60.1 Å². The second kappa shape index (κ2) is 11.3. The van der Waals surface area contributed by atoms with Crippen LogP contribution in [-0.2, 0) is 13.0 Å². The number of aromatic nitrogens is 2. The van der Waals surface area contributed by atoms with Crippen molar-refractivity contribution in [2.75, 3.05) is 40.3 Å². The Hall–Kier alpha value is -2.83. The molecule has 1 aliphatic rings. The first-order valence-corrected chi connectivity index (χ1v) is 11.7. The van der Waals surface area contributed by atoms with Gasteiger partial charge < -0.3 is 14.5 Å². The summed E-state index contributed by atoms with van der Waals surface area (Å²) in [6.45, 7) is 5.22. The Morgan fingerprint density at radius 3 is 2.45 bits per heavy atom. The lowest BCUT2D eigenvalue weighted by molar-refractivity contribution is 0.142. The van der Waals surface area contributed by atoms with Crippen molar-refractivity contribution in [3.05, 3.63) is 77.9 Å². The number of hydrogen-bond donors (Lipinski definition) is 0. The Labute approximate surface area is 196 Å². The molecule has 33 heavy (non-hydrogen) atoms. The summed E-state index contributed by atoms with van der Waals surface area (Å²) in [4.78, 5) is 14.1. The monoisotopic (exact) mass is 448 g/mol. The summed E-state index contributed by atoms with van der Waals surface area (Å²) in [7, 11) is 3.84. The molecule has 1 aromatic heterocycles. The van der Waals surface area contributed by atoms with Gasteiger partial charge in [0, 0.05) is 49.7 Å². The Morgan fingerprint density at radius 1 is 1.03 bits per heavy atom. The second-order valence-electron chi connectivity index (χ2n) is 9.03. The van der Waals surface area contributed by atoms with Gasteiger partial charge in [-0.15, -0.1) is 0 Å². The molecule has 4 rings (SSSR count). The maximum Gasteiger partial charge on any atom is 0.159 e. The molecule has 0 radical (unpaired) electrons. The summed E-state index contributed by atoms with van der Waals surface area (Å²) < 4.78 is 18.3. The Kier molecular flexibility index (Phi) is 8.02. The van der Waals surface area contributed by atoms with E-state index in [1.807, 2.05) is 48.8 Å². The number of piperidine rings is 1. The fraction of sp³-hybridized carbons (Fsp3) is 0.407. The molecule has 6 heteroatoms. The highest BCUT2D eigenvalue weighted by molar-refractivity contribution is 5.55. The minimum absolute atomic E-state index is 0.166. The third-order valence-electron chi connectivity index (χ3n) is 6.31. The zero-order valence-electron chi connectivity index (χ0n) is 19.6. The van der Waals surface area contributed by atoms with Gasteiger partial charge in [-0.05, 0) is 80.7 Å². The molecule has 174 valence electrons.